The van der Waals surface area contributed by atoms with Crippen LogP contribution in [0.1, 0.15) is 106 Å². The number of ether oxygens (including phenoxy) is 3. The number of aryl methyl sites for hydroxylation is 2. The number of allylic oxidation sites excluding steroid dienone is 4. The van der Waals surface area contributed by atoms with Crippen LogP contribution in [0.25, 0.3) is 5.57 Å². The van der Waals surface area contributed by atoms with Crippen molar-refractivity contribution in [2.45, 2.75) is 98.6 Å². The van der Waals surface area contributed by atoms with Crippen LogP contribution in [-0.4, -0.2) is 19.3 Å². The molecule has 2 aliphatic heterocycles. The third kappa shape index (κ3) is 6.35. The van der Waals surface area contributed by atoms with E-state index in [4.69, 9.17) is 14.2 Å². The molecule has 0 N–H and O–H groups in total. The minimum atomic E-state index is -0.291. The van der Waals surface area contributed by atoms with Crippen LogP contribution in [0, 0.1) is 49.4 Å². The molecule has 6 rings (SSSR count). The number of hydrogen-bond acceptors (Lipinski definition) is 3. The van der Waals surface area contributed by atoms with Gasteiger partial charge in [0, 0.05) is 11.5 Å². The Labute approximate surface area is 254 Å². The van der Waals surface area contributed by atoms with Crippen molar-refractivity contribution in [3.63, 3.8) is 0 Å². The molecule has 2 saturated heterocycles. The molecule has 7 atom stereocenters. The summed E-state index contributed by atoms with van der Waals surface area (Å²) in [5, 5.41) is 0. The van der Waals surface area contributed by atoms with E-state index in [1.54, 1.807) is 5.57 Å². The lowest BCUT2D eigenvalue weighted by Crippen LogP contribution is -2.45. The fourth-order valence-corrected chi connectivity index (χ4v) is 7.89. The molecule has 2 heterocycles. The molecule has 0 bridgehead atoms. The van der Waals surface area contributed by atoms with Gasteiger partial charge in [0.1, 0.15) is 0 Å². The normalized spacial score (nSPS) is 35.8. The molecule has 0 radical (unpaired) electrons. The summed E-state index contributed by atoms with van der Waals surface area (Å²) >= 11 is 0. The van der Waals surface area contributed by atoms with Crippen LogP contribution < -0.4 is 0 Å². The van der Waals surface area contributed by atoms with E-state index in [2.05, 4.69) is 96.2 Å². The molecule has 0 spiro atoms. The van der Waals surface area contributed by atoms with Crippen molar-refractivity contribution >= 4 is 5.57 Å². The molecule has 2 aliphatic carbocycles. The first kappa shape index (κ1) is 29.9. The number of rotatable bonds is 5. The molecule has 0 aromatic heterocycles. The Morgan fingerprint density at radius 1 is 0.762 bits per heavy atom. The summed E-state index contributed by atoms with van der Waals surface area (Å²) < 4.78 is 19.5. The van der Waals surface area contributed by atoms with E-state index in [0.717, 1.165) is 43.5 Å². The minimum absolute atomic E-state index is 0.0939. The van der Waals surface area contributed by atoms with Gasteiger partial charge < -0.3 is 14.2 Å². The Bertz CT molecular complexity index is 1280. The van der Waals surface area contributed by atoms with Crippen molar-refractivity contribution in [2.75, 3.05) is 13.2 Å². The summed E-state index contributed by atoms with van der Waals surface area (Å²) in [6.07, 6.45) is 12.6. The first-order valence-corrected chi connectivity index (χ1v) is 16.7. The Morgan fingerprint density at radius 2 is 1.48 bits per heavy atom. The molecule has 2 aromatic rings. The van der Waals surface area contributed by atoms with Gasteiger partial charge in [-0.05, 0) is 103 Å². The van der Waals surface area contributed by atoms with Crippen LogP contribution in [0.15, 0.2) is 60.2 Å². The van der Waals surface area contributed by atoms with Crippen LogP contribution in [0.4, 0.5) is 0 Å². The molecular weight excluding hydrogens is 516 g/mol. The molecule has 1 saturated carbocycles. The maximum Gasteiger partial charge on any atom is 0.184 e. The first-order valence-electron chi connectivity index (χ1n) is 16.7. The van der Waals surface area contributed by atoms with Gasteiger partial charge >= 0.3 is 0 Å². The van der Waals surface area contributed by atoms with E-state index in [0.29, 0.717) is 23.7 Å². The minimum Gasteiger partial charge on any atom is -0.373 e. The zero-order valence-corrected chi connectivity index (χ0v) is 26.8. The Balaban J connectivity index is 1.21. The fraction of sp³-hybridized carbons (Fsp3) is 0.590. The van der Waals surface area contributed by atoms with Crippen LogP contribution >= 0.6 is 0 Å². The molecule has 3 nitrogen and oxygen atoms in total. The maximum absolute atomic E-state index is 6.75. The van der Waals surface area contributed by atoms with Crippen LogP contribution in [0.5, 0.6) is 0 Å². The van der Waals surface area contributed by atoms with Crippen LogP contribution in [0.2, 0.25) is 0 Å². The highest BCUT2D eigenvalue weighted by molar-refractivity contribution is 5.74. The lowest BCUT2D eigenvalue weighted by molar-refractivity contribution is -0.262. The summed E-state index contributed by atoms with van der Waals surface area (Å²) in [7, 11) is 0. The van der Waals surface area contributed by atoms with E-state index in [9.17, 15) is 0 Å². The first-order chi connectivity index (χ1) is 20.3. The highest BCUT2D eigenvalue weighted by Gasteiger charge is 2.41. The summed E-state index contributed by atoms with van der Waals surface area (Å²) in [5.41, 5.74) is 9.60. The zero-order valence-electron chi connectivity index (χ0n) is 26.8. The Kier molecular flexibility index (Phi) is 9.10. The van der Waals surface area contributed by atoms with E-state index in [1.165, 1.54) is 53.5 Å². The van der Waals surface area contributed by atoms with E-state index in [1.807, 2.05) is 0 Å². The van der Waals surface area contributed by atoms with Crippen LogP contribution in [-0.2, 0) is 14.2 Å². The highest BCUT2D eigenvalue weighted by atomic mass is 16.7. The van der Waals surface area contributed by atoms with Gasteiger partial charge in [0.2, 0.25) is 0 Å². The molecule has 3 heteroatoms. The number of hydrogen-bond donors (Lipinski definition) is 0. The van der Waals surface area contributed by atoms with Crippen molar-refractivity contribution in [3.8, 4) is 0 Å². The number of benzene rings is 2. The van der Waals surface area contributed by atoms with Crippen molar-refractivity contribution in [1.29, 1.82) is 0 Å². The monoisotopic (exact) mass is 568 g/mol. The average molecular weight is 569 g/mol. The standard InChI is InChI=1S/C39H52O3/c1-24-7-13-30(14-8-24)32-17-11-26(3)34(19-32)35-20-33(18-12-27(35)4)37-21-36(28(5)22-40-37)38-29(6)23-41-39(42-38)31-15-9-25(2)10-16-31/h9-10,12,15-20,24,26,28-30,36-39H,7-8,11,13-14,21-23H2,1-6H3. The van der Waals surface area contributed by atoms with E-state index < -0.39 is 0 Å². The molecule has 7 unspecified atom stereocenters. The molecular formula is C39H52O3. The molecule has 226 valence electrons. The van der Waals surface area contributed by atoms with Crippen LogP contribution in [0.3, 0.4) is 0 Å². The second kappa shape index (κ2) is 12.8. The largest absolute Gasteiger partial charge is 0.373 e. The van der Waals surface area contributed by atoms with Gasteiger partial charge in [0.15, 0.2) is 6.29 Å². The lowest BCUT2D eigenvalue weighted by Gasteiger charge is -2.45. The fourth-order valence-electron chi connectivity index (χ4n) is 7.89. The van der Waals surface area contributed by atoms with E-state index in [-0.39, 0.29) is 18.5 Å². The molecule has 0 amide bonds. The second-order valence-corrected chi connectivity index (χ2v) is 14.3. The maximum atomic E-state index is 6.75. The molecule has 3 fully saturated rings. The highest BCUT2D eigenvalue weighted by Crippen LogP contribution is 2.45. The SMILES string of the molecule is Cc1ccc(C2OCC(C)C(C3CC(c4ccc(C)c(C5=CC(C6CCC(C)CC6)=CCC5C)c4)OCC3C)O2)cc1. The van der Waals surface area contributed by atoms with E-state index >= 15 is 0 Å². The molecule has 42 heavy (non-hydrogen) atoms. The Morgan fingerprint density at radius 3 is 2.24 bits per heavy atom. The van der Waals surface area contributed by atoms with Gasteiger partial charge in [0.25, 0.3) is 0 Å². The summed E-state index contributed by atoms with van der Waals surface area (Å²) in [5.74, 6) is 3.39. The summed E-state index contributed by atoms with van der Waals surface area (Å²) in [6, 6.07) is 15.7. The Hall–Kier alpha value is -2.20. The third-order valence-electron chi connectivity index (χ3n) is 10.9. The second-order valence-electron chi connectivity index (χ2n) is 14.3. The smallest absolute Gasteiger partial charge is 0.184 e. The van der Waals surface area contributed by atoms with Crippen molar-refractivity contribution < 1.29 is 14.2 Å². The lowest BCUT2D eigenvalue weighted by atomic mass is 9.74. The van der Waals surface area contributed by atoms with Crippen molar-refractivity contribution in [2.24, 2.45) is 35.5 Å². The average Bonchev–Trinajstić information content (AvgIpc) is 2.99. The quantitative estimate of drug-likeness (QED) is 0.359. The van der Waals surface area contributed by atoms with Crippen molar-refractivity contribution in [3.05, 3.63) is 88.0 Å². The summed E-state index contributed by atoms with van der Waals surface area (Å²) in [4.78, 5) is 0. The van der Waals surface area contributed by atoms with Gasteiger partial charge in [-0.3, -0.25) is 0 Å². The topological polar surface area (TPSA) is 27.7 Å². The van der Waals surface area contributed by atoms with Gasteiger partial charge in [0.05, 0.1) is 25.4 Å². The van der Waals surface area contributed by atoms with Gasteiger partial charge in [-0.2, -0.15) is 0 Å². The molecule has 4 aliphatic rings. The zero-order chi connectivity index (χ0) is 29.4. The third-order valence-corrected chi connectivity index (χ3v) is 10.9. The van der Waals surface area contributed by atoms with Crippen molar-refractivity contribution in [1.82, 2.24) is 0 Å². The summed E-state index contributed by atoms with van der Waals surface area (Å²) in [6.45, 7) is 15.3. The predicted molar refractivity (Wildman–Crippen MR) is 172 cm³/mol. The van der Waals surface area contributed by atoms with Gasteiger partial charge in [-0.1, -0.05) is 94.7 Å². The van der Waals surface area contributed by atoms with Gasteiger partial charge in [-0.25, -0.2) is 0 Å². The predicted octanol–water partition coefficient (Wildman–Crippen LogP) is 9.94. The van der Waals surface area contributed by atoms with Gasteiger partial charge in [-0.15, -0.1) is 0 Å². The molecule has 2 aromatic carbocycles.